The normalized spacial score (nSPS) is 13.4. The molecule has 0 spiro atoms. The van der Waals surface area contributed by atoms with Crippen LogP contribution in [0.3, 0.4) is 0 Å². The molecule has 1 unspecified atom stereocenters. The van der Waals surface area contributed by atoms with Gasteiger partial charge in [-0.05, 0) is 59.1 Å². The van der Waals surface area contributed by atoms with E-state index in [9.17, 15) is 0 Å². The Morgan fingerprint density at radius 2 is 1.32 bits per heavy atom. The molecule has 0 amide bonds. The zero-order chi connectivity index (χ0) is 19.4. The van der Waals surface area contributed by atoms with Gasteiger partial charge in [0.25, 0.3) is 0 Å². The van der Waals surface area contributed by atoms with Crippen LogP contribution in [0.25, 0.3) is 10.8 Å². The topological polar surface area (TPSA) is 0 Å². The molecule has 0 bridgehead atoms. The van der Waals surface area contributed by atoms with Gasteiger partial charge in [0.2, 0.25) is 0 Å². The van der Waals surface area contributed by atoms with Gasteiger partial charge in [0.15, 0.2) is 0 Å². The molecule has 0 fully saturated rings. The van der Waals surface area contributed by atoms with E-state index in [2.05, 4.69) is 111 Å². The molecule has 0 aliphatic carbocycles. The van der Waals surface area contributed by atoms with Crippen LogP contribution < -0.4 is 0 Å². The molecule has 0 aliphatic rings. The predicted octanol–water partition coefficient (Wildman–Crippen LogP) is 7.28. The summed E-state index contributed by atoms with van der Waals surface area (Å²) in [5.74, 6) is 0. The van der Waals surface area contributed by atoms with Crippen molar-refractivity contribution in [2.45, 2.75) is 38.5 Å². The second kappa shape index (κ2) is 8.02. The number of hydrogen-bond acceptors (Lipinski definition) is 0. The molecule has 4 aromatic carbocycles. The van der Waals surface area contributed by atoms with E-state index in [4.69, 9.17) is 0 Å². The highest BCUT2D eigenvalue weighted by atomic mass is 14.3. The number of aryl methyl sites for hydroxylation is 2. The number of hydrogen-bond donors (Lipinski definition) is 0. The summed E-state index contributed by atoms with van der Waals surface area (Å²) in [6.07, 6.45) is 3.28. The second-order valence-corrected chi connectivity index (χ2v) is 8.27. The third kappa shape index (κ3) is 4.17. The molecular weight excluding hydrogens is 336 g/mol. The van der Waals surface area contributed by atoms with E-state index in [1.807, 2.05) is 0 Å². The van der Waals surface area contributed by atoms with Crippen LogP contribution in [0.2, 0.25) is 0 Å². The summed E-state index contributed by atoms with van der Waals surface area (Å²) in [5, 5.41) is 2.64. The molecule has 0 saturated carbocycles. The summed E-state index contributed by atoms with van der Waals surface area (Å²) >= 11 is 0. The first-order valence-electron chi connectivity index (χ1n) is 10.2. The maximum Gasteiger partial charge on any atom is -0.00318 e. The summed E-state index contributed by atoms with van der Waals surface area (Å²) in [4.78, 5) is 0. The Kier molecular flexibility index (Phi) is 5.30. The number of rotatable bonds is 6. The average Bonchev–Trinajstić information content (AvgIpc) is 2.73. The van der Waals surface area contributed by atoms with Crippen molar-refractivity contribution in [1.82, 2.24) is 0 Å². The first-order chi connectivity index (χ1) is 13.6. The molecule has 0 saturated heterocycles. The Morgan fingerprint density at radius 3 is 2.07 bits per heavy atom. The van der Waals surface area contributed by atoms with Gasteiger partial charge >= 0.3 is 0 Å². The zero-order valence-electron chi connectivity index (χ0n) is 16.9. The van der Waals surface area contributed by atoms with Gasteiger partial charge < -0.3 is 0 Å². The fourth-order valence-electron chi connectivity index (χ4n) is 4.15. The predicted molar refractivity (Wildman–Crippen MR) is 121 cm³/mol. The van der Waals surface area contributed by atoms with Crippen molar-refractivity contribution in [3.05, 3.63) is 119 Å². The third-order valence-electron chi connectivity index (χ3n) is 5.96. The quantitative estimate of drug-likeness (QED) is 0.337. The maximum atomic E-state index is 2.43. The van der Waals surface area contributed by atoms with Crippen molar-refractivity contribution in [2.75, 3.05) is 0 Å². The highest BCUT2D eigenvalue weighted by Crippen LogP contribution is 2.34. The maximum absolute atomic E-state index is 2.43. The smallest absolute Gasteiger partial charge is 0.00318 e. The fourth-order valence-corrected chi connectivity index (χ4v) is 4.15. The Hall–Kier alpha value is -2.86. The Bertz CT molecular complexity index is 1040. The van der Waals surface area contributed by atoms with Gasteiger partial charge in [-0.15, -0.1) is 0 Å². The zero-order valence-corrected chi connectivity index (χ0v) is 16.9. The van der Waals surface area contributed by atoms with Crippen LogP contribution in [-0.4, -0.2) is 0 Å². The minimum Gasteiger partial charge on any atom is -0.0622 e. The third-order valence-corrected chi connectivity index (χ3v) is 5.96. The molecule has 4 rings (SSSR count). The van der Waals surface area contributed by atoms with Gasteiger partial charge in [0, 0.05) is 0 Å². The van der Waals surface area contributed by atoms with Gasteiger partial charge in [-0.2, -0.15) is 0 Å². The SMILES string of the molecule is Cc1ccc(C(C)(CCc2ccccc2)Cc2ccc3ccccc3c2)cc1. The highest BCUT2D eigenvalue weighted by molar-refractivity contribution is 5.83. The van der Waals surface area contributed by atoms with Crippen molar-refractivity contribution in [1.29, 1.82) is 0 Å². The molecule has 28 heavy (non-hydrogen) atoms. The van der Waals surface area contributed by atoms with E-state index >= 15 is 0 Å². The summed E-state index contributed by atoms with van der Waals surface area (Å²) in [6, 6.07) is 35.6. The average molecular weight is 365 g/mol. The van der Waals surface area contributed by atoms with E-state index in [0.717, 1.165) is 19.3 Å². The molecule has 0 heteroatoms. The molecule has 0 radical (unpaired) electrons. The molecular formula is C28H28. The standard InChI is InChI=1S/C28H28/c1-22-12-16-27(17-13-22)28(2,19-18-23-8-4-3-5-9-23)21-24-14-15-25-10-6-7-11-26(25)20-24/h3-17,20H,18-19,21H2,1-2H3. The lowest BCUT2D eigenvalue weighted by molar-refractivity contribution is 0.431. The summed E-state index contributed by atoms with van der Waals surface area (Å²) in [7, 11) is 0. The number of fused-ring (bicyclic) bond motifs is 1. The van der Waals surface area contributed by atoms with Crippen LogP contribution in [0.4, 0.5) is 0 Å². The van der Waals surface area contributed by atoms with Gasteiger partial charge in [-0.25, -0.2) is 0 Å². The molecule has 0 heterocycles. The first-order valence-corrected chi connectivity index (χ1v) is 10.2. The van der Waals surface area contributed by atoms with E-state index in [1.54, 1.807) is 0 Å². The summed E-state index contributed by atoms with van der Waals surface area (Å²) in [5.41, 5.74) is 5.68. The fraction of sp³-hybridized carbons (Fsp3) is 0.214. The molecule has 0 N–H and O–H groups in total. The van der Waals surface area contributed by atoms with E-state index in [-0.39, 0.29) is 5.41 Å². The molecule has 4 aromatic rings. The Morgan fingerprint density at radius 1 is 0.643 bits per heavy atom. The summed E-state index contributed by atoms with van der Waals surface area (Å²) in [6.45, 7) is 4.59. The first kappa shape index (κ1) is 18.5. The largest absolute Gasteiger partial charge is 0.0622 e. The lowest BCUT2D eigenvalue weighted by Gasteiger charge is -2.31. The van der Waals surface area contributed by atoms with Crippen molar-refractivity contribution in [2.24, 2.45) is 0 Å². The second-order valence-electron chi connectivity index (χ2n) is 8.27. The van der Waals surface area contributed by atoms with E-state index in [1.165, 1.54) is 33.0 Å². The molecule has 0 aromatic heterocycles. The van der Waals surface area contributed by atoms with Gasteiger partial charge in [-0.3, -0.25) is 0 Å². The molecule has 140 valence electrons. The number of benzene rings is 4. The minimum absolute atomic E-state index is 0.103. The van der Waals surface area contributed by atoms with Crippen molar-refractivity contribution in [3.63, 3.8) is 0 Å². The highest BCUT2D eigenvalue weighted by Gasteiger charge is 2.27. The molecule has 1 atom stereocenters. The Balaban J connectivity index is 1.65. The van der Waals surface area contributed by atoms with Crippen LogP contribution in [-0.2, 0) is 18.3 Å². The lowest BCUT2D eigenvalue weighted by Crippen LogP contribution is -2.26. The van der Waals surface area contributed by atoms with Crippen LogP contribution in [0.15, 0.2) is 97.1 Å². The van der Waals surface area contributed by atoms with Crippen molar-refractivity contribution in [3.8, 4) is 0 Å². The van der Waals surface area contributed by atoms with E-state index in [0.29, 0.717) is 0 Å². The van der Waals surface area contributed by atoms with Crippen LogP contribution in [0.5, 0.6) is 0 Å². The van der Waals surface area contributed by atoms with Crippen LogP contribution >= 0.6 is 0 Å². The molecule has 0 aliphatic heterocycles. The van der Waals surface area contributed by atoms with E-state index < -0.39 is 0 Å². The van der Waals surface area contributed by atoms with Crippen LogP contribution in [0, 0.1) is 6.92 Å². The van der Waals surface area contributed by atoms with Gasteiger partial charge in [0.1, 0.15) is 0 Å². The van der Waals surface area contributed by atoms with Gasteiger partial charge in [-0.1, -0.05) is 110 Å². The Labute approximate surface area is 168 Å². The van der Waals surface area contributed by atoms with Gasteiger partial charge in [0.05, 0.1) is 0 Å². The van der Waals surface area contributed by atoms with Crippen molar-refractivity contribution < 1.29 is 0 Å². The van der Waals surface area contributed by atoms with Crippen molar-refractivity contribution >= 4 is 10.8 Å². The monoisotopic (exact) mass is 364 g/mol. The molecule has 0 nitrogen and oxygen atoms in total. The lowest BCUT2D eigenvalue weighted by atomic mass is 9.73. The minimum atomic E-state index is 0.103. The summed E-state index contributed by atoms with van der Waals surface area (Å²) < 4.78 is 0. The van der Waals surface area contributed by atoms with Crippen LogP contribution in [0.1, 0.15) is 35.6 Å².